The van der Waals surface area contributed by atoms with Gasteiger partial charge in [-0.2, -0.15) is 5.26 Å². The van der Waals surface area contributed by atoms with Crippen molar-refractivity contribution in [2.24, 2.45) is 0 Å². The molecule has 3 aliphatic heterocycles. The molecule has 6 atom stereocenters. The van der Waals surface area contributed by atoms with E-state index in [1.165, 1.54) is 9.80 Å². The molecule has 3 aromatic carbocycles. The Labute approximate surface area is 372 Å². The van der Waals surface area contributed by atoms with Crippen molar-refractivity contribution in [3.8, 4) is 11.8 Å². The largest absolute Gasteiger partial charge is 0.488 e. The fraction of sp³-hybridized carbons (Fsp3) is 0.413. The van der Waals surface area contributed by atoms with Gasteiger partial charge in [0.15, 0.2) is 0 Å². The van der Waals surface area contributed by atoms with Crippen molar-refractivity contribution >= 4 is 62.3 Å². The molecule has 4 heterocycles. The second-order valence-electron chi connectivity index (χ2n) is 16.8. The number of nitriles is 1. The minimum atomic E-state index is -1.47. The fourth-order valence-corrected chi connectivity index (χ4v) is 9.65. The highest BCUT2D eigenvalue weighted by Crippen LogP contribution is 2.32. The number of aliphatic hydroxyl groups excluding tert-OH is 1. The van der Waals surface area contributed by atoms with Gasteiger partial charge in [0, 0.05) is 47.4 Å². The summed E-state index contributed by atoms with van der Waals surface area (Å²) < 4.78 is 7.13. The lowest BCUT2D eigenvalue weighted by Crippen LogP contribution is -2.65. The molecule has 3 saturated heterocycles. The van der Waals surface area contributed by atoms with E-state index in [4.69, 9.17) is 4.74 Å². The summed E-state index contributed by atoms with van der Waals surface area (Å²) in [6, 6.07) is 17.2. The number of carbonyl (C=O) groups is 6. The molecule has 4 fully saturated rings. The Bertz CT molecular complexity index is 2430. The maximum absolute atomic E-state index is 14.7. The molecule has 4 aliphatic rings. The van der Waals surface area contributed by atoms with Crippen LogP contribution in [-0.2, 0) is 41.6 Å². The third-order valence-electron chi connectivity index (χ3n) is 12.7. The molecule has 16 nitrogen and oxygen atoms in total. The Kier molecular flexibility index (Phi) is 12.8. The number of amides is 6. The third-order valence-corrected chi connectivity index (χ3v) is 13.2. The summed E-state index contributed by atoms with van der Waals surface area (Å²) in [5.74, 6) is -3.27. The molecule has 6 N–H and O–H groups in total. The van der Waals surface area contributed by atoms with Crippen LogP contribution >= 0.6 is 15.9 Å². The summed E-state index contributed by atoms with van der Waals surface area (Å²) in [5.41, 5.74) is 1.09. The van der Waals surface area contributed by atoms with Crippen molar-refractivity contribution in [3.63, 3.8) is 0 Å². The Morgan fingerprint density at radius 1 is 0.778 bits per heavy atom. The zero-order valence-corrected chi connectivity index (χ0v) is 36.1. The van der Waals surface area contributed by atoms with Crippen LogP contribution in [0.1, 0.15) is 61.6 Å². The number of aromatic amines is 1. The maximum Gasteiger partial charge on any atom is 0.248 e. The van der Waals surface area contributed by atoms with Crippen molar-refractivity contribution < 1.29 is 38.6 Å². The number of hydrogen-bond donors (Lipinski definition) is 6. The van der Waals surface area contributed by atoms with Gasteiger partial charge in [-0.15, -0.1) is 0 Å². The highest BCUT2D eigenvalue weighted by molar-refractivity contribution is 9.10. The standard InChI is InChI=1S/C46H49BrN8O8/c47-30-13-15-31(16-14-30)63-32-22-39-42(59)50-35(20-27-9-11-28(23-48)12-10-27)41(58)53-46(17-3-4-18-46)45(62)52-36(21-29-24-49-34-7-2-1-6-33(29)34)40(57)51-37(26-56)43(60)54-19-5-8-38(54)44(61)55(39)25-32/h1-2,6-7,9-16,24,32,35-39,49,56H,3-5,8,17-22,25-26H2,(H,50,59)(H,51,57)(H,52,62)(H,53,58)/t32-,35-,36-,37-,38+,39+/m0/s1. The van der Waals surface area contributed by atoms with E-state index in [1.54, 1.807) is 54.7 Å². The number of benzene rings is 3. The first-order valence-electron chi connectivity index (χ1n) is 21.4. The van der Waals surface area contributed by atoms with Crippen molar-refractivity contribution in [1.29, 1.82) is 5.26 Å². The quantitative estimate of drug-likeness (QED) is 0.160. The van der Waals surface area contributed by atoms with E-state index in [0.717, 1.165) is 15.4 Å². The number of hydrogen-bond acceptors (Lipinski definition) is 9. The first-order valence-corrected chi connectivity index (χ1v) is 22.2. The zero-order valence-electron chi connectivity index (χ0n) is 34.5. The second kappa shape index (κ2) is 18.6. The van der Waals surface area contributed by atoms with Crippen molar-refractivity contribution in [2.45, 2.75) is 99.6 Å². The van der Waals surface area contributed by atoms with Gasteiger partial charge < -0.3 is 45.9 Å². The normalized spacial score (nSPS) is 25.7. The summed E-state index contributed by atoms with van der Waals surface area (Å²) in [5, 5.41) is 32.3. The van der Waals surface area contributed by atoms with E-state index in [1.807, 2.05) is 24.3 Å². The van der Waals surface area contributed by atoms with E-state index in [9.17, 15) is 39.1 Å². The lowest BCUT2D eigenvalue weighted by molar-refractivity contribution is -0.149. The molecule has 0 bridgehead atoms. The minimum absolute atomic E-state index is 0.00000648. The number of rotatable bonds is 7. The van der Waals surface area contributed by atoms with Crippen LogP contribution in [0.3, 0.4) is 0 Å². The van der Waals surface area contributed by atoms with E-state index in [-0.39, 0.29) is 51.6 Å². The van der Waals surface area contributed by atoms with Crippen LogP contribution in [0, 0.1) is 11.3 Å². The lowest BCUT2D eigenvalue weighted by Gasteiger charge is -2.35. The van der Waals surface area contributed by atoms with Gasteiger partial charge in [0.1, 0.15) is 47.6 Å². The van der Waals surface area contributed by atoms with Gasteiger partial charge >= 0.3 is 0 Å². The number of aliphatic hydroxyl groups is 1. The number of carbonyl (C=O) groups excluding carboxylic acids is 6. The monoisotopic (exact) mass is 920 g/mol. The lowest BCUT2D eigenvalue weighted by atomic mass is 9.93. The highest BCUT2D eigenvalue weighted by Gasteiger charge is 2.49. The number of halogens is 1. The molecule has 17 heteroatoms. The first-order chi connectivity index (χ1) is 30.4. The molecule has 63 heavy (non-hydrogen) atoms. The van der Waals surface area contributed by atoms with E-state index in [2.05, 4.69) is 48.3 Å². The van der Waals surface area contributed by atoms with Crippen molar-refractivity contribution in [1.82, 2.24) is 36.1 Å². The first kappa shape index (κ1) is 43.4. The molecule has 0 radical (unpaired) electrons. The predicted octanol–water partition coefficient (Wildman–Crippen LogP) is 2.52. The van der Waals surface area contributed by atoms with Crippen LogP contribution in [0.15, 0.2) is 83.5 Å². The molecule has 6 amide bonds. The predicted molar refractivity (Wildman–Crippen MR) is 232 cm³/mol. The number of ether oxygens (including phenoxy) is 1. The van der Waals surface area contributed by atoms with Gasteiger partial charge in [-0.1, -0.05) is 59.1 Å². The molecule has 0 unspecified atom stereocenters. The summed E-state index contributed by atoms with van der Waals surface area (Å²) >= 11 is 3.43. The van der Waals surface area contributed by atoms with Crippen LogP contribution in [0.4, 0.5) is 0 Å². The van der Waals surface area contributed by atoms with Crippen LogP contribution in [0.25, 0.3) is 10.9 Å². The van der Waals surface area contributed by atoms with Crippen molar-refractivity contribution in [3.05, 3.63) is 100 Å². The summed E-state index contributed by atoms with van der Waals surface area (Å²) in [6.07, 6.45) is 3.56. The average Bonchev–Trinajstić information content (AvgIpc) is 4.13. The maximum atomic E-state index is 14.7. The van der Waals surface area contributed by atoms with Gasteiger partial charge in [0.05, 0.1) is 24.8 Å². The Morgan fingerprint density at radius 3 is 2.22 bits per heavy atom. The summed E-state index contributed by atoms with van der Waals surface area (Å²) in [6.45, 7) is -0.624. The fourth-order valence-electron chi connectivity index (χ4n) is 9.38. The Morgan fingerprint density at radius 2 is 1.49 bits per heavy atom. The number of para-hydroxylation sites is 1. The molecule has 1 spiro atoms. The van der Waals surface area contributed by atoms with Gasteiger partial charge in [0.25, 0.3) is 0 Å². The van der Waals surface area contributed by atoms with Crippen LogP contribution < -0.4 is 26.0 Å². The van der Waals surface area contributed by atoms with Gasteiger partial charge in [0.2, 0.25) is 35.4 Å². The number of H-pyrrole nitrogens is 1. The zero-order chi connectivity index (χ0) is 44.3. The molecule has 1 saturated carbocycles. The number of aromatic nitrogens is 1. The van der Waals surface area contributed by atoms with E-state index in [0.29, 0.717) is 41.7 Å². The highest BCUT2D eigenvalue weighted by atomic mass is 79.9. The van der Waals surface area contributed by atoms with Gasteiger partial charge in [-0.25, -0.2) is 0 Å². The number of fused-ring (bicyclic) bond motifs is 3. The van der Waals surface area contributed by atoms with Crippen LogP contribution in [-0.4, -0.2) is 117 Å². The topological polar surface area (TPSA) is 226 Å². The van der Waals surface area contributed by atoms with Crippen LogP contribution in [0.2, 0.25) is 0 Å². The second-order valence-corrected chi connectivity index (χ2v) is 17.7. The average molecular weight is 922 g/mol. The van der Waals surface area contributed by atoms with Gasteiger partial charge in [-0.05, 0) is 79.3 Å². The Hall–Kier alpha value is -6.25. The Balaban J connectivity index is 1.17. The summed E-state index contributed by atoms with van der Waals surface area (Å²) in [4.78, 5) is 93.3. The molecule has 328 valence electrons. The molecule has 1 aromatic heterocycles. The molecule has 8 rings (SSSR count). The van der Waals surface area contributed by atoms with Crippen molar-refractivity contribution in [2.75, 3.05) is 19.7 Å². The third kappa shape index (κ3) is 9.28. The molecular weight excluding hydrogens is 872 g/mol. The van der Waals surface area contributed by atoms with E-state index < -0.39 is 83.9 Å². The van der Waals surface area contributed by atoms with Crippen LogP contribution in [0.5, 0.6) is 5.75 Å². The number of nitrogens with zero attached hydrogens (tertiary/aromatic N) is 3. The smallest absolute Gasteiger partial charge is 0.248 e. The number of nitrogens with one attached hydrogen (secondary N) is 5. The molecular formula is C46H49BrN8O8. The summed E-state index contributed by atoms with van der Waals surface area (Å²) in [7, 11) is 0. The molecule has 1 aliphatic carbocycles. The van der Waals surface area contributed by atoms with E-state index >= 15 is 0 Å². The van der Waals surface area contributed by atoms with Gasteiger partial charge in [-0.3, -0.25) is 28.8 Å². The molecule has 4 aromatic rings. The minimum Gasteiger partial charge on any atom is -0.488 e. The SMILES string of the molecule is N#Cc1ccc(C[C@@H]2NC(=O)[C@H]3C[C@H](Oc4ccc(Br)cc4)CN3C(=O)[C@H]3CCCN3C(=O)[C@H](CO)NC(=O)[C@H](Cc3c[nH]c4ccccc34)NC(=O)C3(CCCC3)NC2=O)cc1.